The number of hydrogen-bond acceptors (Lipinski definition) is 4. The van der Waals surface area contributed by atoms with Crippen LogP contribution in [0.15, 0.2) is 12.2 Å². The summed E-state index contributed by atoms with van der Waals surface area (Å²) in [7, 11) is -4.24. The Morgan fingerprint density at radius 3 is 2.36 bits per heavy atom. The Kier molecular flexibility index (Phi) is 3.21. The lowest BCUT2D eigenvalue weighted by Gasteiger charge is -1.99. The summed E-state index contributed by atoms with van der Waals surface area (Å²) in [4.78, 5) is 10.5. The number of rotatable bonds is 3. The largest absolute Gasteiger partial charge is 0.443 e. The molecule has 0 spiro atoms. The molecular weight excluding hydrogens is 172 g/mol. The number of esters is 1. The second kappa shape index (κ2) is 3.49. The third-order valence-electron chi connectivity index (χ3n) is 0.687. The smallest absolute Gasteiger partial charge is 0.334 e. The zero-order valence-electron chi connectivity index (χ0n) is 5.90. The summed E-state index contributed by atoms with van der Waals surface area (Å²) < 4.78 is 32.2. The molecule has 11 heavy (non-hydrogen) atoms. The van der Waals surface area contributed by atoms with E-state index in [1.807, 2.05) is 0 Å². The highest BCUT2D eigenvalue weighted by molar-refractivity contribution is 7.85. The van der Waals surface area contributed by atoms with Gasteiger partial charge >= 0.3 is 16.1 Å². The molecule has 0 rings (SSSR count). The van der Waals surface area contributed by atoms with Gasteiger partial charge < -0.3 is 4.74 Å². The molecule has 0 amide bonds. The van der Waals surface area contributed by atoms with Gasteiger partial charge in [-0.2, -0.15) is 8.42 Å². The van der Waals surface area contributed by atoms with Crippen molar-refractivity contribution in [1.29, 1.82) is 0 Å². The van der Waals surface area contributed by atoms with Crippen LogP contribution in [-0.2, 0) is 19.6 Å². The molecule has 0 saturated carbocycles. The van der Waals surface area contributed by atoms with Crippen LogP contribution in [0.3, 0.4) is 0 Å². The average molecular weight is 180 g/mol. The van der Waals surface area contributed by atoms with E-state index >= 15 is 0 Å². The van der Waals surface area contributed by atoms with Gasteiger partial charge in [0.15, 0.2) is 0 Å². The molecular formula is C5H8O5S. The van der Waals surface area contributed by atoms with Crippen LogP contribution in [0, 0.1) is 0 Å². The molecule has 0 bridgehead atoms. The van der Waals surface area contributed by atoms with Crippen molar-refractivity contribution in [3.05, 3.63) is 12.2 Å². The highest BCUT2D eigenvalue weighted by Crippen LogP contribution is 1.93. The normalized spacial score (nSPS) is 10.7. The third kappa shape index (κ3) is 5.56. The molecule has 0 saturated heterocycles. The van der Waals surface area contributed by atoms with Gasteiger partial charge in [-0.3, -0.25) is 4.55 Å². The summed E-state index contributed by atoms with van der Waals surface area (Å²) >= 11 is 0. The SMILES string of the molecule is C=C(C)C(=O)OCS(=O)(=O)O. The van der Waals surface area contributed by atoms with Crippen molar-refractivity contribution in [1.82, 2.24) is 0 Å². The molecule has 0 fully saturated rings. The molecule has 0 radical (unpaired) electrons. The summed E-state index contributed by atoms with van der Waals surface area (Å²) in [5.74, 6) is -1.87. The molecule has 0 heterocycles. The minimum atomic E-state index is -4.24. The van der Waals surface area contributed by atoms with E-state index in [0.717, 1.165) is 0 Å². The summed E-state index contributed by atoms with van der Waals surface area (Å²) in [5.41, 5.74) is 0.0775. The number of hydrogen-bond donors (Lipinski definition) is 1. The van der Waals surface area contributed by atoms with Crippen molar-refractivity contribution < 1.29 is 22.5 Å². The highest BCUT2D eigenvalue weighted by atomic mass is 32.2. The van der Waals surface area contributed by atoms with Crippen LogP contribution in [0.1, 0.15) is 6.92 Å². The van der Waals surface area contributed by atoms with Crippen LogP contribution in [0.2, 0.25) is 0 Å². The van der Waals surface area contributed by atoms with Gasteiger partial charge in [0, 0.05) is 5.57 Å². The second-order valence-electron chi connectivity index (χ2n) is 1.91. The summed E-state index contributed by atoms with van der Waals surface area (Å²) in [6.45, 7) is 4.57. The minimum absolute atomic E-state index is 0.0775. The fraction of sp³-hybridized carbons (Fsp3) is 0.400. The average Bonchev–Trinajstić information content (AvgIpc) is 1.80. The standard InChI is InChI=1S/C5H8O5S/c1-4(2)5(6)10-3-11(7,8)9/h1,3H2,2H3,(H,7,8,9). The molecule has 0 aromatic heterocycles. The Labute approximate surface area is 64.4 Å². The predicted molar refractivity (Wildman–Crippen MR) is 37.3 cm³/mol. The first-order chi connectivity index (χ1) is 4.83. The molecule has 5 nitrogen and oxygen atoms in total. The van der Waals surface area contributed by atoms with E-state index in [9.17, 15) is 13.2 Å². The van der Waals surface area contributed by atoms with Crippen LogP contribution in [0.5, 0.6) is 0 Å². The van der Waals surface area contributed by atoms with E-state index in [1.54, 1.807) is 0 Å². The fourth-order valence-electron chi connectivity index (χ4n) is 0.251. The van der Waals surface area contributed by atoms with E-state index < -0.39 is 22.0 Å². The number of carbonyl (C=O) groups is 1. The molecule has 0 unspecified atom stereocenters. The maximum atomic E-state index is 10.5. The van der Waals surface area contributed by atoms with Crippen molar-refractivity contribution in [3.63, 3.8) is 0 Å². The number of ether oxygens (including phenoxy) is 1. The molecule has 64 valence electrons. The quantitative estimate of drug-likeness (QED) is 0.374. The van der Waals surface area contributed by atoms with Crippen molar-refractivity contribution in [2.24, 2.45) is 0 Å². The van der Waals surface area contributed by atoms with E-state index in [0.29, 0.717) is 0 Å². The Bertz CT molecular complexity index is 263. The van der Waals surface area contributed by atoms with Gasteiger partial charge in [0.05, 0.1) is 0 Å². The molecule has 0 aliphatic rings. The van der Waals surface area contributed by atoms with E-state index in [2.05, 4.69) is 11.3 Å². The Balaban J connectivity index is 3.92. The lowest BCUT2D eigenvalue weighted by atomic mass is 10.4. The maximum Gasteiger partial charge on any atom is 0.334 e. The van der Waals surface area contributed by atoms with Crippen molar-refractivity contribution in [2.75, 3.05) is 5.94 Å². The Hall–Kier alpha value is -0.880. The van der Waals surface area contributed by atoms with Crippen LogP contribution >= 0.6 is 0 Å². The Morgan fingerprint density at radius 2 is 2.09 bits per heavy atom. The lowest BCUT2D eigenvalue weighted by Crippen LogP contribution is -2.13. The van der Waals surface area contributed by atoms with Gasteiger partial charge in [-0.25, -0.2) is 4.79 Å². The van der Waals surface area contributed by atoms with E-state index in [1.165, 1.54) is 6.92 Å². The van der Waals surface area contributed by atoms with E-state index in [-0.39, 0.29) is 5.57 Å². The summed E-state index contributed by atoms with van der Waals surface area (Å²) in [6, 6.07) is 0. The first-order valence-corrected chi connectivity index (χ1v) is 4.21. The van der Waals surface area contributed by atoms with Crippen LogP contribution in [-0.4, -0.2) is 24.9 Å². The van der Waals surface area contributed by atoms with Gasteiger partial charge in [0.25, 0.3) is 0 Å². The number of carbonyl (C=O) groups excluding carboxylic acids is 1. The van der Waals surface area contributed by atoms with E-state index in [4.69, 9.17) is 4.55 Å². The van der Waals surface area contributed by atoms with Gasteiger partial charge in [0.1, 0.15) is 0 Å². The fourth-order valence-corrected chi connectivity index (χ4v) is 0.507. The van der Waals surface area contributed by atoms with Crippen LogP contribution in [0.4, 0.5) is 0 Å². The predicted octanol–water partition coefficient (Wildman–Crippen LogP) is -0.0490. The molecule has 0 aromatic rings. The lowest BCUT2D eigenvalue weighted by molar-refractivity contribution is -0.137. The zero-order chi connectivity index (χ0) is 9.07. The minimum Gasteiger partial charge on any atom is -0.443 e. The molecule has 1 N–H and O–H groups in total. The van der Waals surface area contributed by atoms with Gasteiger partial charge in [-0.05, 0) is 6.92 Å². The van der Waals surface area contributed by atoms with Crippen LogP contribution < -0.4 is 0 Å². The van der Waals surface area contributed by atoms with Crippen molar-refractivity contribution in [3.8, 4) is 0 Å². The molecule has 6 heteroatoms. The first-order valence-electron chi connectivity index (χ1n) is 2.61. The third-order valence-corrected chi connectivity index (χ3v) is 1.10. The molecule has 0 atom stereocenters. The topological polar surface area (TPSA) is 80.7 Å². The second-order valence-corrected chi connectivity index (χ2v) is 3.31. The van der Waals surface area contributed by atoms with Crippen molar-refractivity contribution >= 4 is 16.1 Å². The van der Waals surface area contributed by atoms with Gasteiger partial charge in [0.2, 0.25) is 5.94 Å². The summed E-state index contributed by atoms with van der Waals surface area (Å²) in [6.07, 6.45) is 0. The monoisotopic (exact) mass is 180 g/mol. The first kappa shape index (κ1) is 10.1. The van der Waals surface area contributed by atoms with Crippen molar-refractivity contribution in [2.45, 2.75) is 6.92 Å². The van der Waals surface area contributed by atoms with Crippen LogP contribution in [0.25, 0.3) is 0 Å². The Morgan fingerprint density at radius 1 is 1.64 bits per heavy atom. The zero-order valence-corrected chi connectivity index (χ0v) is 6.72. The summed E-state index contributed by atoms with van der Waals surface area (Å²) in [5, 5.41) is 0. The maximum absolute atomic E-state index is 10.5. The molecule has 0 aromatic carbocycles. The molecule has 0 aliphatic heterocycles. The highest BCUT2D eigenvalue weighted by Gasteiger charge is 2.09. The molecule has 0 aliphatic carbocycles. The van der Waals surface area contributed by atoms with Gasteiger partial charge in [-0.15, -0.1) is 0 Å². The van der Waals surface area contributed by atoms with Gasteiger partial charge in [-0.1, -0.05) is 6.58 Å².